The van der Waals surface area contributed by atoms with E-state index in [9.17, 15) is 14.9 Å². The molecule has 8 nitrogen and oxygen atoms in total. The summed E-state index contributed by atoms with van der Waals surface area (Å²) < 4.78 is 7.37. The summed E-state index contributed by atoms with van der Waals surface area (Å²) in [5.41, 5.74) is 1.97. The van der Waals surface area contributed by atoms with Gasteiger partial charge in [0.1, 0.15) is 5.75 Å². The smallest absolute Gasteiger partial charge is 0.269 e. The zero-order chi connectivity index (χ0) is 22.5. The van der Waals surface area contributed by atoms with E-state index in [-0.39, 0.29) is 17.2 Å². The Hall–Kier alpha value is -3.98. The van der Waals surface area contributed by atoms with Gasteiger partial charge in [-0.05, 0) is 36.4 Å². The third-order valence-electron chi connectivity index (χ3n) is 4.73. The van der Waals surface area contributed by atoms with Gasteiger partial charge in [-0.25, -0.2) is 0 Å². The van der Waals surface area contributed by atoms with Crippen molar-refractivity contribution in [3.05, 3.63) is 94.5 Å². The van der Waals surface area contributed by atoms with Crippen molar-refractivity contribution in [1.29, 1.82) is 0 Å². The lowest BCUT2D eigenvalue weighted by Crippen LogP contribution is -2.05. The van der Waals surface area contributed by atoms with E-state index < -0.39 is 4.92 Å². The van der Waals surface area contributed by atoms with Crippen LogP contribution in [0.25, 0.3) is 17.1 Å². The number of rotatable bonds is 8. The predicted octanol–water partition coefficient (Wildman–Crippen LogP) is 4.83. The summed E-state index contributed by atoms with van der Waals surface area (Å²) in [5.74, 6) is 1.20. The molecule has 0 N–H and O–H groups in total. The number of ether oxygens (including phenoxy) is 1. The van der Waals surface area contributed by atoms with Crippen molar-refractivity contribution in [2.24, 2.45) is 0 Å². The number of methoxy groups -OCH3 is 1. The number of carbonyl (C=O) groups is 1. The number of nitro groups is 1. The Morgan fingerprint density at radius 2 is 1.69 bits per heavy atom. The summed E-state index contributed by atoms with van der Waals surface area (Å²) in [6.07, 6.45) is 0. The van der Waals surface area contributed by atoms with E-state index in [0.717, 1.165) is 11.3 Å². The molecule has 0 aliphatic heterocycles. The minimum atomic E-state index is -0.495. The molecular formula is C23H18N4O4S. The van der Waals surface area contributed by atoms with Crippen molar-refractivity contribution < 1.29 is 14.5 Å². The molecular weight excluding hydrogens is 428 g/mol. The van der Waals surface area contributed by atoms with Crippen LogP contribution in [0.4, 0.5) is 5.69 Å². The fourth-order valence-corrected chi connectivity index (χ4v) is 4.01. The summed E-state index contributed by atoms with van der Waals surface area (Å²) in [6, 6.07) is 22.7. The molecule has 0 aliphatic carbocycles. The maximum absolute atomic E-state index is 12.7. The monoisotopic (exact) mass is 446 g/mol. The highest BCUT2D eigenvalue weighted by molar-refractivity contribution is 7.99. The standard InChI is InChI=1S/C23H18N4O4S/c1-31-21-10-6-5-9-19(21)22-24-25-23(26(22)17-7-3-2-4-8-17)32-15-20(28)16-11-13-18(14-12-16)27(29)30/h2-14H,15H2,1H3. The molecule has 0 radical (unpaired) electrons. The van der Waals surface area contributed by atoms with E-state index in [0.29, 0.717) is 22.3 Å². The number of carbonyl (C=O) groups excluding carboxylic acids is 1. The van der Waals surface area contributed by atoms with Crippen LogP contribution in [0, 0.1) is 10.1 Å². The number of ketones is 1. The van der Waals surface area contributed by atoms with Gasteiger partial charge in [0.05, 0.1) is 23.3 Å². The lowest BCUT2D eigenvalue weighted by atomic mass is 10.1. The number of hydrogen-bond acceptors (Lipinski definition) is 7. The van der Waals surface area contributed by atoms with E-state index in [1.54, 1.807) is 7.11 Å². The number of benzene rings is 3. The van der Waals surface area contributed by atoms with Crippen molar-refractivity contribution >= 4 is 23.2 Å². The van der Waals surface area contributed by atoms with Crippen molar-refractivity contribution in [2.75, 3.05) is 12.9 Å². The fourth-order valence-electron chi connectivity index (χ4n) is 3.16. The number of nitrogens with zero attached hydrogens (tertiary/aromatic N) is 4. The lowest BCUT2D eigenvalue weighted by Gasteiger charge is -2.12. The number of hydrogen-bond donors (Lipinski definition) is 0. The Balaban J connectivity index is 1.65. The summed E-state index contributed by atoms with van der Waals surface area (Å²) in [6.45, 7) is 0. The predicted molar refractivity (Wildman–Crippen MR) is 121 cm³/mol. The highest BCUT2D eigenvalue weighted by Gasteiger charge is 2.20. The van der Waals surface area contributed by atoms with E-state index in [1.807, 2.05) is 59.2 Å². The van der Waals surface area contributed by atoms with Crippen molar-refractivity contribution in [1.82, 2.24) is 14.8 Å². The van der Waals surface area contributed by atoms with Gasteiger partial charge in [-0.3, -0.25) is 19.5 Å². The van der Waals surface area contributed by atoms with Crippen LogP contribution in [0.15, 0.2) is 84.0 Å². The first kappa shape index (κ1) is 21.3. The van der Waals surface area contributed by atoms with Crippen LogP contribution in [0.1, 0.15) is 10.4 Å². The van der Waals surface area contributed by atoms with E-state index in [1.165, 1.54) is 36.0 Å². The molecule has 0 saturated heterocycles. The summed E-state index contributed by atoms with van der Waals surface area (Å²) >= 11 is 1.25. The molecule has 160 valence electrons. The number of nitro benzene ring substituents is 1. The molecule has 1 aromatic heterocycles. The normalized spacial score (nSPS) is 10.7. The minimum Gasteiger partial charge on any atom is -0.496 e. The third kappa shape index (κ3) is 4.37. The molecule has 0 fully saturated rings. The average molecular weight is 446 g/mol. The topological polar surface area (TPSA) is 100 Å². The molecule has 0 saturated carbocycles. The van der Waals surface area contributed by atoms with Gasteiger partial charge in [-0.1, -0.05) is 42.1 Å². The van der Waals surface area contributed by atoms with Gasteiger partial charge in [0, 0.05) is 23.4 Å². The Kier molecular flexibility index (Phi) is 6.27. The van der Waals surface area contributed by atoms with Crippen LogP contribution in [0.2, 0.25) is 0 Å². The largest absolute Gasteiger partial charge is 0.496 e. The van der Waals surface area contributed by atoms with Crippen LogP contribution in [-0.4, -0.2) is 38.3 Å². The van der Waals surface area contributed by atoms with Crippen LogP contribution < -0.4 is 4.74 Å². The van der Waals surface area contributed by atoms with Gasteiger partial charge in [-0.2, -0.15) is 0 Å². The first-order valence-electron chi connectivity index (χ1n) is 9.63. The molecule has 1 heterocycles. The second-order valence-electron chi connectivity index (χ2n) is 6.69. The molecule has 32 heavy (non-hydrogen) atoms. The van der Waals surface area contributed by atoms with Gasteiger partial charge in [0.15, 0.2) is 16.8 Å². The molecule has 0 atom stereocenters. The van der Waals surface area contributed by atoms with Crippen LogP contribution in [0.3, 0.4) is 0 Å². The molecule has 0 spiro atoms. The summed E-state index contributed by atoms with van der Waals surface area (Å²) in [4.78, 5) is 23.0. The van der Waals surface area contributed by atoms with Gasteiger partial charge in [0.2, 0.25) is 0 Å². The molecule has 3 aromatic carbocycles. The number of non-ortho nitro benzene ring substituents is 1. The second kappa shape index (κ2) is 9.44. The molecule has 0 bridgehead atoms. The highest BCUT2D eigenvalue weighted by Crippen LogP contribution is 2.33. The molecule has 4 aromatic rings. The van der Waals surface area contributed by atoms with Gasteiger partial charge in [-0.15, -0.1) is 10.2 Å². The van der Waals surface area contributed by atoms with Crippen molar-refractivity contribution in [3.63, 3.8) is 0 Å². The second-order valence-corrected chi connectivity index (χ2v) is 7.64. The van der Waals surface area contributed by atoms with E-state index in [4.69, 9.17) is 4.74 Å². The van der Waals surface area contributed by atoms with E-state index in [2.05, 4.69) is 10.2 Å². The SMILES string of the molecule is COc1ccccc1-c1nnc(SCC(=O)c2ccc([N+](=O)[O-])cc2)n1-c1ccccc1. The Bertz CT molecular complexity index is 1260. The quantitative estimate of drug-likeness (QED) is 0.165. The third-order valence-corrected chi connectivity index (χ3v) is 5.66. The lowest BCUT2D eigenvalue weighted by molar-refractivity contribution is -0.384. The maximum atomic E-state index is 12.7. The number of Topliss-reactive ketones (excluding diaryl/α,β-unsaturated/α-hetero) is 1. The van der Waals surface area contributed by atoms with Crippen LogP contribution >= 0.6 is 11.8 Å². The zero-order valence-corrected chi connectivity index (χ0v) is 17.9. The van der Waals surface area contributed by atoms with Gasteiger partial charge < -0.3 is 4.74 Å². The fraction of sp³-hybridized carbons (Fsp3) is 0.0870. The van der Waals surface area contributed by atoms with Crippen molar-refractivity contribution in [3.8, 4) is 22.8 Å². The van der Waals surface area contributed by atoms with Gasteiger partial charge in [0.25, 0.3) is 5.69 Å². The number of aromatic nitrogens is 3. The first-order chi connectivity index (χ1) is 15.6. The average Bonchev–Trinajstić information content (AvgIpc) is 3.26. The van der Waals surface area contributed by atoms with Crippen molar-refractivity contribution in [2.45, 2.75) is 5.16 Å². The highest BCUT2D eigenvalue weighted by atomic mass is 32.2. The number of para-hydroxylation sites is 2. The zero-order valence-electron chi connectivity index (χ0n) is 17.0. The minimum absolute atomic E-state index is 0.0560. The Labute approximate surface area is 188 Å². The van der Waals surface area contributed by atoms with Gasteiger partial charge >= 0.3 is 0 Å². The van der Waals surface area contributed by atoms with Crippen LogP contribution in [0.5, 0.6) is 5.75 Å². The molecule has 0 unspecified atom stereocenters. The molecule has 0 amide bonds. The summed E-state index contributed by atoms with van der Waals surface area (Å²) in [7, 11) is 1.60. The van der Waals surface area contributed by atoms with E-state index >= 15 is 0 Å². The molecule has 4 rings (SSSR count). The maximum Gasteiger partial charge on any atom is 0.269 e. The molecule has 9 heteroatoms. The van der Waals surface area contributed by atoms with Crippen LogP contribution in [-0.2, 0) is 0 Å². The Morgan fingerprint density at radius 3 is 2.38 bits per heavy atom. The first-order valence-corrected chi connectivity index (χ1v) is 10.6. The summed E-state index contributed by atoms with van der Waals surface area (Å²) in [5, 5.41) is 20.1. The molecule has 0 aliphatic rings. The number of thioether (sulfide) groups is 1. The Morgan fingerprint density at radius 1 is 1.00 bits per heavy atom.